The molecule has 5 rings (SSSR count). The molecule has 178 valence electrons. The molecule has 2 aromatic carbocycles. The summed E-state index contributed by atoms with van der Waals surface area (Å²) in [7, 11) is 0. The number of nitrogens with zero attached hydrogens (tertiary/aromatic N) is 4. The minimum absolute atomic E-state index is 0.0616. The van der Waals surface area contributed by atoms with E-state index >= 15 is 0 Å². The van der Waals surface area contributed by atoms with Crippen LogP contribution in [0.1, 0.15) is 22.3 Å². The minimum Gasteiger partial charge on any atom is -0.352 e. The molecule has 0 bridgehead atoms. The topological polar surface area (TPSA) is 61.4 Å². The Balaban J connectivity index is 1.14. The van der Waals surface area contributed by atoms with Crippen LogP contribution in [0.4, 0.5) is 0 Å². The quantitative estimate of drug-likeness (QED) is 0.395. The first-order chi connectivity index (χ1) is 17.3. The van der Waals surface area contributed by atoms with Gasteiger partial charge in [-0.2, -0.15) is 0 Å². The van der Waals surface area contributed by atoms with Gasteiger partial charge in [0.05, 0.1) is 22.5 Å². The molecule has 1 saturated heterocycles. The SMILES string of the molecule is O=C(NCCCN1CCN(Cc2ccccc2)CC1)c1cc(-c2ccccn2)nc2ccccc12. The largest absolute Gasteiger partial charge is 0.352 e. The maximum absolute atomic E-state index is 13.1. The predicted molar refractivity (Wildman–Crippen MR) is 140 cm³/mol. The second-order valence-electron chi connectivity index (χ2n) is 9.00. The lowest BCUT2D eigenvalue weighted by atomic mass is 10.1. The summed E-state index contributed by atoms with van der Waals surface area (Å²) in [6.07, 6.45) is 2.67. The summed E-state index contributed by atoms with van der Waals surface area (Å²) in [6, 6.07) is 26.0. The van der Waals surface area contributed by atoms with Crippen molar-refractivity contribution >= 4 is 16.8 Å². The molecule has 1 amide bonds. The van der Waals surface area contributed by atoms with E-state index in [4.69, 9.17) is 4.98 Å². The van der Waals surface area contributed by atoms with Gasteiger partial charge in [0.2, 0.25) is 0 Å². The zero-order valence-corrected chi connectivity index (χ0v) is 19.9. The number of amides is 1. The van der Waals surface area contributed by atoms with Gasteiger partial charge in [0.1, 0.15) is 0 Å². The smallest absolute Gasteiger partial charge is 0.252 e. The highest BCUT2D eigenvalue weighted by Gasteiger charge is 2.17. The number of benzene rings is 2. The maximum Gasteiger partial charge on any atom is 0.252 e. The van der Waals surface area contributed by atoms with Crippen molar-refractivity contribution in [3.05, 3.63) is 96.2 Å². The number of carbonyl (C=O) groups excluding carboxylic acids is 1. The molecule has 1 aliphatic rings. The Hall–Kier alpha value is -3.61. The summed E-state index contributed by atoms with van der Waals surface area (Å²) < 4.78 is 0. The molecule has 6 nitrogen and oxygen atoms in total. The molecule has 3 heterocycles. The first kappa shape index (κ1) is 23.1. The summed E-state index contributed by atoms with van der Waals surface area (Å²) in [5, 5.41) is 3.99. The summed E-state index contributed by atoms with van der Waals surface area (Å²) in [6.45, 7) is 6.98. The van der Waals surface area contributed by atoms with Crippen molar-refractivity contribution in [3.8, 4) is 11.4 Å². The van der Waals surface area contributed by atoms with E-state index in [1.165, 1.54) is 5.56 Å². The van der Waals surface area contributed by atoms with Gasteiger partial charge in [-0.25, -0.2) is 4.98 Å². The van der Waals surface area contributed by atoms with E-state index in [9.17, 15) is 4.79 Å². The lowest BCUT2D eigenvalue weighted by Crippen LogP contribution is -2.46. The van der Waals surface area contributed by atoms with E-state index in [-0.39, 0.29) is 5.91 Å². The van der Waals surface area contributed by atoms with Crippen LogP contribution in [-0.2, 0) is 6.54 Å². The summed E-state index contributed by atoms with van der Waals surface area (Å²) in [4.78, 5) is 27.3. The lowest BCUT2D eigenvalue weighted by molar-refractivity contribution is 0.0948. The Morgan fingerprint density at radius 2 is 1.57 bits per heavy atom. The van der Waals surface area contributed by atoms with Crippen LogP contribution in [0.2, 0.25) is 0 Å². The van der Waals surface area contributed by atoms with Crippen LogP contribution in [0.15, 0.2) is 85.1 Å². The predicted octanol–water partition coefficient (Wildman–Crippen LogP) is 4.23. The molecular weight excluding hydrogens is 434 g/mol. The van der Waals surface area contributed by atoms with Gasteiger partial charge < -0.3 is 10.2 Å². The van der Waals surface area contributed by atoms with E-state index in [0.717, 1.165) is 62.3 Å². The van der Waals surface area contributed by atoms with Crippen molar-refractivity contribution in [2.75, 3.05) is 39.3 Å². The molecule has 0 atom stereocenters. The Morgan fingerprint density at radius 1 is 0.829 bits per heavy atom. The number of rotatable bonds is 8. The fourth-order valence-corrected chi connectivity index (χ4v) is 4.62. The van der Waals surface area contributed by atoms with Gasteiger partial charge in [0, 0.05) is 50.9 Å². The Labute approximate surface area is 206 Å². The summed E-state index contributed by atoms with van der Waals surface area (Å²) in [5.74, 6) is -0.0616. The van der Waals surface area contributed by atoms with Gasteiger partial charge in [0.15, 0.2) is 0 Å². The molecule has 2 aromatic heterocycles. The number of aromatic nitrogens is 2. The zero-order chi connectivity index (χ0) is 23.9. The molecule has 1 aliphatic heterocycles. The zero-order valence-electron chi connectivity index (χ0n) is 19.9. The van der Waals surface area contributed by atoms with Gasteiger partial charge in [-0.05, 0) is 42.8 Å². The van der Waals surface area contributed by atoms with Crippen LogP contribution in [-0.4, -0.2) is 64.9 Å². The highest BCUT2D eigenvalue weighted by molar-refractivity contribution is 6.07. The van der Waals surface area contributed by atoms with Crippen molar-refractivity contribution < 1.29 is 4.79 Å². The average molecular weight is 466 g/mol. The van der Waals surface area contributed by atoms with Crippen LogP contribution in [0, 0.1) is 0 Å². The molecule has 1 fully saturated rings. The second-order valence-corrected chi connectivity index (χ2v) is 9.00. The molecule has 0 radical (unpaired) electrons. The monoisotopic (exact) mass is 465 g/mol. The van der Waals surface area contributed by atoms with Crippen molar-refractivity contribution in [2.24, 2.45) is 0 Å². The summed E-state index contributed by atoms with van der Waals surface area (Å²) >= 11 is 0. The second kappa shape index (κ2) is 11.2. The van der Waals surface area contributed by atoms with E-state index < -0.39 is 0 Å². The third-order valence-corrected chi connectivity index (χ3v) is 6.54. The average Bonchev–Trinajstić information content (AvgIpc) is 2.92. The van der Waals surface area contributed by atoms with Gasteiger partial charge in [-0.1, -0.05) is 54.6 Å². The molecule has 0 spiro atoms. The van der Waals surface area contributed by atoms with Gasteiger partial charge in [0.25, 0.3) is 5.91 Å². The van der Waals surface area contributed by atoms with Gasteiger partial charge in [-0.3, -0.25) is 14.7 Å². The molecule has 4 aromatic rings. The maximum atomic E-state index is 13.1. The molecule has 0 unspecified atom stereocenters. The number of hydrogen-bond donors (Lipinski definition) is 1. The number of hydrogen-bond acceptors (Lipinski definition) is 5. The normalized spacial score (nSPS) is 14.7. The number of nitrogens with one attached hydrogen (secondary N) is 1. The van der Waals surface area contributed by atoms with E-state index in [0.29, 0.717) is 17.8 Å². The third kappa shape index (κ3) is 5.91. The fourth-order valence-electron chi connectivity index (χ4n) is 4.62. The number of carbonyl (C=O) groups is 1. The number of pyridine rings is 2. The van der Waals surface area contributed by atoms with E-state index in [1.54, 1.807) is 6.20 Å². The Kier molecular flexibility index (Phi) is 7.41. The van der Waals surface area contributed by atoms with Crippen LogP contribution >= 0.6 is 0 Å². The first-order valence-electron chi connectivity index (χ1n) is 12.3. The number of fused-ring (bicyclic) bond motifs is 1. The van der Waals surface area contributed by atoms with Crippen LogP contribution in [0.3, 0.4) is 0 Å². The highest BCUT2D eigenvalue weighted by Crippen LogP contribution is 2.23. The fraction of sp³-hybridized carbons (Fsp3) is 0.276. The van der Waals surface area contributed by atoms with Crippen LogP contribution in [0.5, 0.6) is 0 Å². The highest BCUT2D eigenvalue weighted by atomic mass is 16.1. The summed E-state index contributed by atoms with van der Waals surface area (Å²) in [5.41, 5.74) is 4.29. The molecule has 0 aliphatic carbocycles. The Bertz CT molecular complexity index is 1250. The van der Waals surface area contributed by atoms with Crippen molar-refractivity contribution in [3.63, 3.8) is 0 Å². The molecule has 0 saturated carbocycles. The van der Waals surface area contributed by atoms with Crippen LogP contribution in [0.25, 0.3) is 22.3 Å². The van der Waals surface area contributed by atoms with Gasteiger partial charge >= 0.3 is 0 Å². The van der Waals surface area contributed by atoms with Crippen molar-refractivity contribution in [1.82, 2.24) is 25.1 Å². The molecule has 35 heavy (non-hydrogen) atoms. The third-order valence-electron chi connectivity index (χ3n) is 6.54. The minimum atomic E-state index is -0.0616. The van der Waals surface area contributed by atoms with Crippen molar-refractivity contribution in [2.45, 2.75) is 13.0 Å². The molecule has 6 heteroatoms. The van der Waals surface area contributed by atoms with E-state index in [1.807, 2.05) is 48.5 Å². The number of piperazine rings is 1. The first-order valence-corrected chi connectivity index (χ1v) is 12.3. The lowest BCUT2D eigenvalue weighted by Gasteiger charge is -2.34. The van der Waals surface area contributed by atoms with E-state index in [2.05, 4.69) is 50.4 Å². The van der Waals surface area contributed by atoms with Crippen LogP contribution < -0.4 is 5.32 Å². The van der Waals surface area contributed by atoms with Crippen molar-refractivity contribution in [1.29, 1.82) is 0 Å². The molecule has 1 N–H and O–H groups in total. The Morgan fingerprint density at radius 3 is 2.37 bits per heavy atom. The van der Waals surface area contributed by atoms with Gasteiger partial charge in [-0.15, -0.1) is 0 Å². The molecular formula is C29H31N5O. The standard InChI is InChI=1S/C29H31N5O/c35-29(25-21-28(27-13-6-7-14-30-27)32-26-12-5-4-11-24(25)26)31-15-8-16-33-17-19-34(20-18-33)22-23-9-2-1-3-10-23/h1-7,9-14,21H,8,15-20,22H2,(H,31,35). The number of para-hydroxylation sites is 1.